The van der Waals surface area contributed by atoms with Crippen LogP contribution in [0.5, 0.6) is 5.88 Å². The smallest absolute Gasteiger partial charge is 0.374 e. The summed E-state index contributed by atoms with van der Waals surface area (Å²) >= 11 is 0. The number of nitrogens with one attached hydrogen (secondary N) is 2. The highest BCUT2D eigenvalue weighted by atomic mass is 16.5. The molecule has 10 heteroatoms. The number of hydrogen-bond donors (Lipinski definition) is 3. The fourth-order valence-corrected chi connectivity index (χ4v) is 4.43. The number of rotatable bonds is 10. The molecule has 1 fully saturated rings. The molecule has 0 atom stereocenters. The van der Waals surface area contributed by atoms with Crippen LogP contribution in [0.15, 0.2) is 42.7 Å². The van der Waals surface area contributed by atoms with Gasteiger partial charge >= 0.3 is 5.97 Å². The van der Waals surface area contributed by atoms with Crippen LogP contribution in [0, 0.1) is 19.3 Å². The number of ether oxygens (including phenoxy) is 2. The van der Waals surface area contributed by atoms with Crippen LogP contribution in [0.25, 0.3) is 5.65 Å². The summed E-state index contributed by atoms with van der Waals surface area (Å²) < 4.78 is 13.2. The van der Waals surface area contributed by atoms with Crippen LogP contribution in [-0.2, 0) is 17.9 Å². The summed E-state index contributed by atoms with van der Waals surface area (Å²) in [6.45, 7) is 6.76. The van der Waals surface area contributed by atoms with E-state index in [1.54, 1.807) is 6.07 Å². The third-order valence-electron chi connectivity index (χ3n) is 6.53. The summed E-state index contributed by atoms with van der Waals surface area (Å²) in [6.07, 6.45) is 6.49. The number of pyridine rings is 1. The minimum Gasteiger partial charge on any atom is -0.478 e. The number of aromatic carboxylic acids is 1. The third kappa shape index (κ3) is 5.59. The van der Waals surface area contributed by atoms with Crippen LogP contribution < -0.4 is 10.1 Å². The number of carboxylic acids is 1. The Morgan fingerprint density at radius 1 is 1.13 bits per heavy atom. The van der Waals surface area contributed by atoms with Gasteiger partial charge in [0.05, 0.1) is 12.3 Å². The van der Waals surface area contributed by atoms with Gasteiger partial charge in [-0.25, -0.2) is 14.8 Å². The van der Waals surface area contributed by atoms with Crippen molar-refractivity contribution in [3.63, 3.8) is 0 Å². The second-order valence-corrected chi connectivity index (χ2v) is 9.45. The van der Waals surface area contributed by atoms with Gasteiger partial charge in [-0.05, 0) is 80.0 Å². The first-order chi connectivity index (χ1) is 18.3. The van der Waals surface area contributed by atoms with Crippen molar-refractivity contribution < 1.29 is 19.4 Å². The number of carboxylic acid groups (broad SMARTS) is 1. The standard InChI is InChI=1S/C28H30N6O4/c1-4-37-26(29)20-9-16(2)22(17(3)10-20)12-30-23-11-25(33-27(32-23)28(35)36)38-15-21-14-34-13-19(18-5-6-18)7-8-24(34)31-21/h7-11,13-14,18,29H,4-6,12,15H2,1-3H3,(H,35,36)(H,30,32,33). The Morgan fingerprint density at radius 3 is 2.58 bits per heavy atom. The zero-order valence-corrected chi connectivity index (χ0v) is 21.6. The Hall–Kier alpha value is -4.47. The minimum atomic E-state index is -1.25. The summed E-state index contributed by atoms with van der Waals surface area (Å²) in [5.41, 5.74) is 6.56. The van der Waals surface area contributed by atoms with Crippen molar-refractivity contribution >= 4 is 23.3 Å². The first-order valence-electron chi connectivity index (χ1n) is 12.6. The molecule has 4 aromatic rings. The van der Waals surface area contributed by atoms with E-state index in [-0.39, 0.29) is 24.2 Å². The van der Waals surface area contributed by atoms with Crippen LogP contribution in [0.1, 0.15) is 69.8 Å². The number of anilines is 1. The van der Waals surface area contributed by atoms with E-state index in [0.29, 0.717) is 36.1 Å². The molecule has 5 rings (SSSR count). The Morgan fingerprint density at radius 2 is 1.89 bits per heavy atom. The molecule has 0 saturated heterocycles. The number of hydrogen-bond acceptors (Lipinski definition) is 8. The van der Waals surface area contributed by atoms with Crippen molar-refractivity contribution in [3.8, 4) is 5.88 Å². The van der Waals surface area contributed by atoms with E-state index in [2.05, 4.69) is 32.5 Å². The quantitative estimate of drug-likeness (QED) is 0.202. The maximum atomic E-state index is 11.7. The van der Waals surface area contributed by atoms with E-state index >= 15 is 0 Å². The maximum absolute atomic E-state index is 11.7. The van der Waals surface area contributed by atoms with E-state index in [0.717, 1.165) is 22.3 Å². The normalized spacial score (nSPS) is 12.9. The van der Waals surface area contributed by atoms with Crippen LogP contribution in [0.2, 0.25) is 0 Å². The van der Waals surface area contributed by atoms with E-state index < -0.39 is 5.97 Å². The average molecular weight is 515 g/mol. The molecule has 3 heterocycles. The molecular weight excluding hydrogens is 484 g/mol. The van der Waals surface area contributed by atoms with Crippen molar-refractivity contribution in [3.05, 3.63) is 82.1 Å². The van der Waals surface area contributed by atoms with Crippen molar-refractivity contribution in [1.29, 1.82) is 5.41 Å². The number of aromatic nitrogens is 4. The average Bonchev–Trinajstić information content (AvgIpc) is 3.66. The number of imidazole rings is 1. The molecule has 0 spiro atoms. The molecule has 0 radical (unpaired) electrons. The van der Waals surface area contributed by atoms with Crippen LogP contribution >= 0.6 is 0 Å². The van der Waals surface area contributed by atoms with Crippen LogP contribution in [-0.4, -0.2) is 42.9 Å². The summed E-state index contributed by atoms with van der Waals surface area (Å²) in [5, 5.41) is 20.8. The fraction of sp³-hybridized carbons (Fsp3) is 0.321. The first kappa shape index (κ1) is 25.2. The largest absolute Gasteiger partial charge is 0.478 e. The third-order valence-corrected chi connectivity index (χ3v) is 6.53. The van der Waals surface area contributed by atoms with Gasteiger partial charge in [0.2, 0.25) is 17.6 Å². The molecule has 3 aromatic heterocycles. The molecule has 0 unspecified atom stereocenters. The lowest BCUT2D eigenvalue weighted by atomic mass is 9.99. The Kier molecular flexibility index (Phi) is 6.95. The molecule has 10 nitrogen and oxygen atoms in total. The van der Waals surface area contributed by atoms with Gasteiger partial charge in [0.25, 0.3) is 0 Å². The first-order valence-corrected chi connectivity index (χ1v) is 12.6. The molecule has 1 saturated carbocycles. The van der Waals surface area contributed by atoms with Gasteiger partial charge in [0, 0.05) is 30.6 Å². The number of nitrogens with zero attached hydrogens (tertiary/aromatic N) is 4. The fourth-order valence-electron chi connectivity index (χ4n) is 4.43. The molecule has 0 bridgehead atoms. The van der Waals surface area contributed by atoms with E-state index in [4.69, 9.17) is 14.9 Å². The highest BCUT2D eigenvalue weighted by molar-refractivity contribution is 5.92. The predicted molar refractivity (Wildman–Crippen MR) is 142 cm³/mol. The number of carbonyl (C=O) groups is 1. The number of benzene rings is 1. The van der Waals surface area contributed by atoms with Gasteiger partial charge in [-0.15, -0.1) is 0 Å². The summed E-state index contributed by atoms with van der Waals surface area (Å²) in [4.78, 5) is 24.4. The number of aryl methyl sites for hydroxylation is 2. The zero-order valence-electron chi connectivity index (χ0n) is 21.6. The number of fused-ring (bicyclic) bond motifs is 1. The molecule has 1 aliphatic carbocycles. The van der Waals surface area contributed by atoms with Gasteiger partial charge in [-0.2, -0.15) is 4.98 Å². The van der Waals surface area contributed by atoms with Gasteiger partial charge in [0.1, 0.15) is 18.1 Å². The van der Waals surface area contributed by atoms with E-state index in [1.807, 2.05) is 49.6 Å². The van der Waals surface area contributed by atoms with Crippen molar-refractivity contribution in [2.45, 2.75) is 52.7 Å². The Balaban J connectivity index is 1.30. The van der Waals surface area contributed by atoms with Gasteiger partial charge in [0.15, 0.2) is 0 Å². The highest BCUT2D eigenvalue weighted by Crippen LogP contribution is 2.39. The van der Waals surface area contributed by atoms with Crippen LogP contribution in [0.3, 0.4) is 0 Å². The molecule has 38 heavy (non-hydrogen) atoms. The van der Waals surface area contributed by atoms with Gasteiger partial charge < -0.3 is 24.3 Å². The van der Waals surface area contributed by atoms with Crippen molar-refractivity contribution in [2.75, 3.05) is 11.9 Å². The molecule has 1 aliphatic rings. The molecule has 0 amide bonds. The lowest BCUT2D eigenvalue weighted by Crippen LogP contribution is -2.12. The monoisotopic (exact) mass is 514 g/mol. The second kappa shape index (κ2) is 10.5. The lowest BCUT2D eigenvalue weighted by molar-refractivity contribution is 0.0682. The predicted octanol–water partition coefficient (Wildman–Crippen LogP) is 4.87. The molecule has 1 aromatic carbocycles. The topological polar surface area (TPSA) is 135 Å². The summed E-state index contributed by atoms with van der Waals surface area (Å²) in [6, 6.07) is 9.51. The second-order valence-electron chi connectivity index (χ2n) is 9.45. The lowest BCUT2D eigenvalue weighted by Gasteiger charge is -2.15. The van der Waals surface area contributed by atoms with Gasteiger partial charge in [-0.1, -0.05) is 6.07 Å². The minimum absolute atomic E-state index is 0.135. The zero-order chi connectivity index (χ0) is 26.8. The molecule has 196 valence electrons. The summed E-state index contributed by atoms with van der Waals surface area (Å²) in [7, 11) is 0. The van der Waals surface area contributed by atoms with E-state index in [9.17, 15) is 9.90 Å². The Labute approximate surface area is 220 Å². The van der Waals surface area contributed by atoms with Gasteiger partial charge in [-0.3, -0.25) is 5.41 Å². The van der Waals surface area contributed by atoms with Crippen molar-refractivity contribution in [1.82, 2.24) is 19.4 Å². The van der Waals surface area contributed by atoms with E-state index in [1.165, 1.54) is 18.4 Å². The molecular formula is C28H30N6O4. The van der Waals surface area contributed by atoms with Crippen molar-refractivity contribution in [2.24, 2.45) is 0 Å². The Bertz CT molecular complexity index is 1500. The molecule has 3 N–H and O–H groups in total. The van der Waals surface area contributed by atoms with Crippen LogP contribution in [0.4, 0.5) is 5.82 Å². The maximum Gasteiger partial charge on any atom is 0.374 e. The summed E-state index contributed by atoms with van der Waals surface area (Å²) in [5.74, 6) is -0.341. The SMILES string of the molecule is CCOC(=N)c1cc(C)c(CNc2cc(OCc3cn4cc(C5CC5)ccc4n3)nc(C(=O)O)n2)c(C)c1. The molecule has 0 aliphatic heterocycles. The highest BCUT2D eigenvalue weighted by Gasteiger charge is 2.23.